The van der Waals surface area contributed by atoms with Crippen LogP contribution in [-0.4, -0.2) is 27.6 Å². The molecule has 0 spiro atoms. The summed E-state index contributed by atoms with van der Waals surface area (Å²) in [6.07, 6.45) is -4.70. The van der Waals surface area contributed by atoms with E-state index in [9.17, 15) is 18.0 Å². The summed E-state index contributed by atoms with van der Waals surface area (Å²) in [4.78, 5) is 17.6. The molecule has 0 aliphatic heterocycles. The fourth-order valence-corrected chi connectivity index (χ4v) is 1.79. The molecule has 1 aromatic heterocycles. The van der Waals surface area contributed by atoms with Gasteiger partial charge in [-0.1, -0.05) is 17.7 Å². The molecule has 23 heavy (non-hydrogen) atoms. The zero-order valence-electron chi connectivity index (χ0n) is 11.4. The molecule has 2 rings (SSSR count). The molecule has 1 heterocycles. The van der Waals surface area contributed by atoms with Crippen molar-refractivity contribution in [3.8, 4) is 0 Å². The topological polar surface area (TPSA) is 87.1 Å². The number of carboxylic acid groups (broad SMARTS) is 1. The maximum absolute atomic E-state index is 12.9. The van der Waals surface area contributed by atoms with Gasteiger partial charge in [-0.25, -0.2) is 4.98 Å². The highest BCUT2D eigenvalue weighted by Gasteiger charge is 2.33. The molecule has 0 bridgehead atoms. The molecule has 2 aromatic rings. The van der Waals surface area contributed by atoms with Gasteiger partial charge >= 0.3 is 12.1 Å². The molecule has 0 saturated carbocycles. The summed E-state index contributed by atoms with van der Waals surface area (Å²) in [5, 5.41) is 13.8. The number of nitrogens with one attached hydrogen (secondary N) is 2. The Bertz CT molecular complexity index is 725. The van der Waals surface area contributed by atoms with Gasteiger partial charge in [-0.2, -0.15) is 18.2 Å². The first-order valence-corrected chi connectivity index (χ1v) is 6.56. The lowest BCUT2D eigenvalue weighted by atomic mass is 10.3. The highest BCUT2D eigenvalue weighted by molar-refractivity contribution is 6.30. The highest BCUT2D eigenvalue weighted by Crippen LogP contribution is 2.30. The van der Waals surface area contributed by atoms with E-state index in [2.05, 4.69) is 20.6 Å². The highest BCUT2D eigenvalue weighted by atomic mass is 35.5. The number of anilines is 3. The third-order valence-electron chi connectivity index (χ3n) is 2.51. The lowest BCUT2D eigenvalue weighted by molar-refractivity contribution is -0.141. The number of aromatic nitrogens is 2. The van der Waals surface area contributed by atoms with Crippen LogP contribution in [0.25, 0.3) is 0 Å². The first-order chi connectivity index (χ1) is 10.7. The molecular weight excluding hydrogens is 337 g/mol. The monoisotopic (exact) mass is 346 g/mol. The maximum Gasteiger partial charge on any atom is 0.433 e. The van der Waals surface area contributed by atoms with Crippen molar-refractivity contribution in [2.75, 3.05) is 17.2 Å². The van der Waals surface area contributed by atoms with Crippen LogP contribution in [-0.2, 0) is 11.0 Å². The average Bonchev–Trinajstić information content (AvgIpc) is 2.44. The third kappa shape index (κ3) is 4.99. The molecule has 0 unspecified atom stereocenters. The second-order valence-corrected chi connectivity index (χ2v) is 4.78. The van der Waals surface area contributed by atoms with Gasteiger partial charge < -0.3 is 15.7 Å². The van der Waals surface area contributed by atoms with Gasteiger partial charge in [0, 0.05) is 16.8 Å². The predicted molar refractivity (Wildman–Crippen MR) is 77.9 cm³/mol. The van der Waals surface area contributed by atoms with Crippen molar-refractivity contribution in [2.24, 2.45) is 0 Å². The Balaban J connectivity index is 2.33. The second kappa shape index (κ2) is 6.69. The van der Waals surface area contributed by atoms with Crippen molar-refractivity contribution in [1.29, 1.82) is 0 Å². The summed E-state index contributed by atoms with van der Waals surface area (Å²) in [6.45, 7) is -0.613. The second-order valence-electron chi connectivity index (χ2n) is 4.34. The van der Waals surface area contributed by atoms with Gasteiger partial charge in [-0.3, -0.25) is 4.79 Å². The quantitative estimate of drug-likeness (QED) is 0.769. The molecule has 0 radical (unpaired) electrons. The van der Waals surface area contributed by atoms with Crippen LogP contribution in [0.5, 0.6) is 0 Å². The number of carboxylic acids is 1. The van der Waals surface area contributed by atoms with Crippen molar-refractivity contribution in [2.45, 2.75) is 6.18 Å². The lowest BCUT2D eigenvalue weighted by Gasteiger charge is -2.12. The fraction of sp³-hybridized carbons (Fsp3) is 0.154. The van der Waals surface area contributed by atoms with Crippen LogP contribution in [0.3, 0.4) is 0 Å². The van der Waals surface area contributed by atoms with E-state index in [4.69, 9.17) is 16.7 Å². The van der Waals surface area contributed by atoms with E-state index in [0.717, 1.165) is 0 Å². The summed E-state index contributed by atoms with van der Waals surface area (Å²) >= 11 is 5.80. The molecule has 0 aliphatic carbocycles. The molecule has 1 aromatic carbocycles. The van der Waals surface area contributed by atoms with E-state index < -0.39 is 30.3 Å². The number of nitrogens with zero attached hydrogens (tertiary/aromatic N) is 2. The normalized spacial score (nSPS) is 11.1. The predicted octanol–water partition coefficient (Wildman–Crippen LogP) is 3.39. The first kappa shape index (κ1) is 16.8. The zero-order valence-corrected chi connectivity index (χ0v) is 12.1. The molecular formula is C13H10ClF3N4O2. The maximum atomic E-state index is 12.9. The minimum atomic E-state index is -4.70. The van der Waals surface area contributed by atoms with Crippen LogP contribution in [0.4, 0.5) is 30.6 Å². The van der Waals surface area contributed by atoms with Crippen LogP contribution in [0.15, 0.2) is 30.3 Å². The summed E-state index contributed by atoms with van der Waals surface area (Å²) < 4.78 is 38.6. The number of alkyl halides is 3. The van der Waals surface area contributed by atoms with Crippen molar-refractivity contribution in [3.63, 3.8) is 0 Å². The molecule has 0 fully saturated rings. The number of aliphatic carboxylic acids is 1. The molecule has 0 saturated heterocycles. The van der Waals surface area contributed by atoms with Gasteiger partial charge in [0.15, 0.2) is 5.69 Å². The van der Waals surface area contributed by atoms with Gasteiger partial charge in [0.05, 0.1) is 0 Å². The van der Waals surface area contributed by atoms with Crippen molar-refractivity contribution >= 4 is 35.0 Å². The number of halogens is 4. The third-order valence-corrected chi connectivity index (χ3v) is 2.75. The summed E-state index contributed by atoms with van der Waals surface area (Å²) in [6, 6.07) is 7.02. The van der Waals surface area contributed by atoms with Crippen LogP contribution in [0, 0.1) is 0 Å². The van der Waals surface area contributed by atoms with E-state index in [0.29, 0.717) is 16.8 Å². The summed E-state index contributed by atoms with van der Waals surface area (Å²) in [5.41, 5.74) is -0.779. The van der Waals surface area contributed by atoms with Gasteiger partial charge in [0.1, 0.15) is 12.4 Å². The summed E-state index contributed by atoms with van der Waals surface area (Å²) in [5.74, 6) is -1.86. The van der Waals surface area contributed by atoms with Crippen molar-refractivity contribution in [1.82, 2.24) is 9.97 Å². The smallest absolute Gasteiger partial charge is 0.433 e. The SMILES string of the molecule is O=C(O)CNc1nc(Nc2cccc(Cl)c2)cc(C(F)(F)F)n1. The Morgan fingerprint density at radius 3 is 2.61 bits per heavy atom. The summed E-state index contributed by atoms with van der Waals surface area (Å²) in [7, 11) is 0. The van der Waals surface area contributed by atoms with Crippen LogP contribution in [0.1, 0.15) is 5.69 Å². The van der Waals surface area contributed by atoms with Crippen molar-refractivity contribution < 1.29 is 23.1 Å². The Labute approximate surface area is 133 Å². The van der Waals surface area contributed by atoms with Crippen molar-refractivity contribution in [3.05, 3.63) is 41.0 Å². The number of rotatable bonds is 5. The van der Waals surface area contributed by atoms with Crippen LogP contribution < -0.4 is 10.6 Å². The van der Waals surface area contributed by atoms with E-state index in [1.165, 1.54) is 6.07 Å². The Morgan fingerprint density at radius 1 is 1.26 bits per heavy atom. The van der Waals surface area contributed by atoms with Gasteiger partial charge in [-0.05, 0) is 18.2 Å². The number of carbonyl (C=O) groups is 1. The van der Waals surface area contributed by atoms with E-state index >= 15 is 0 Å². The molecule has 0 aliphatic rings. The first-order valence-electron chi connectivity index (χ1n) is 6.18. The van der Waals surface area contributed by atoms with E-state index in [1.807, 2.05) is 0 Å². The zero-order chi connectivity index (χ0) is 17.0. The van der Waals surface area contributed by atoms with Gasteiger partial charge in [0.25, 0.3) is 0 Å². The molecule has 3 N–H and O–H groups in total. The van der Waals surface area contributed by atoms with Gasteiger partial charge in [0.2, 0.25) is 5.95 Å². The average molecular weight is 347 g/mol. The number of benzene rings is 1. The number of hydrogen-bond donors (Lipinski definition) is 3. The lowest BCUT2D eigenvalue weighted by Crippen LogP contribution is -2.17. The van der Waals surface area contributed by atoms with Crippen LogP contribution >= 0.6 is 11.6 Å². The van der Waals surface area contributed by atoms with E-state index in [1.54, 1.807) is 18.2 Å². The minimum absolute atomic E-state index is 0.150. The Hall–Kier alpha value is -2.55. The Kier molecular flexibility index (Phi) is 4.89. The Morgan fingerprint density at radius 2 is 2.00 bits per heavy atom. The van der Waals surface area contributed by atoms with E-state index in [-0.39, 0.29) is 5.82 Å². The largest absolute Gasteiger partial charge is 0.480 e. The molecule has 10 heteroatoms. The van der Waals surface area contributed by atoms with Crippen LogP contribution in [0.2, 0.25) is 5.02 Å². The van der Waals surface area contributed by atoms with Gasteiger partial charge in [-0.15, -0.1) is 0 Å². The standard InChI is InChI=1S/C13H10ClF3N4O2/c14-7-2-1-3-8(4-7)19-10-5-9(13(15,16)17)20-12(21-10)18-6-11(22)23/h1-5H,6H2,(H,22,23)(H2,18,19,20,21). The minimum Gasteiger partial charge on any atom is -0.480 e. The molecule has 0 atom stereocenters. The number of hydrogen-bond acceptors (Lipinski definition) is 5. The molecule has 122 valence electrons. The molecule has 0 amide bonds. The molecule has 6 nitrogen and oxygen atoms in total. The fourth-order valence-electron chi connectivity index (χ4n) is 1.60.